The van der Waals surface area contributed by atoms with Crippen molar-refractivity contribution in [3.63, 3.8) is 0 Å². The minimum Gasteiger partial charge on any atom is -0.338 e. The number of carbonyl (C=O) groups excluding carboxylic acids is 3. The molecule has 0 bridgehead atoms. The zero-order valence-electron chi connectivity index (χ0n) is 25.8. The number of hydrogen-bond donors (Lipinski definition) is 5. The summed E-state index contributed by atoms with van der Waals surface area (Å²) in [6.07, 6.45) is 1.18. The number of nitrogens with zero attached hydrogens (tertiary/aromatic N) is 3. The standard InChI is InChI=1S/C34H38N8O3/c1-6-29(43)35-24-14-12-23(13-15-24)32(44)37-26-18-16-25(17-19-26)36-31-27-20-42(34(2,3)30(27)39-40-31)33(45)38-28(21-41(4)5)22-10-8-7-9-11-22/h6-19,28H,1,20-21H2,2-5H3,(H,35,43)(H,37,44)(H,38,45)(H2,36,39,40). The van der Waals surface area contributed by atoms with Gasteiger partial charge in [0, 0.05) is 34.7 Å². The molecule has 2 heterocycles. The van der Waals surface area contributed by atoms with Crippen molar-refractivity contribution in [3.8, 4) is 0 Å². The molecule has 45 heavy (non-hydrogen) atoms. The van der Waals surface area contributed by atoms with E-state index in [-0.39, 0.29) is 23.9 Å². The van der Waals surface area contributed by atoms with Crippen LogP contribution in [-0.4, -0.2) is 58.5 Å². The molecular weight excluding hydrogens is 568 g/mol. The van der Waals surface area contributed by atoms with Crippen molar-refractivity contribution in [1.29, 1.82) is 0 Å². The van der Waals surface area contributed by atoms with Crippen LogP contribution in [0, 0.1) is 0 Å². The Morgan fingerprint density at radius 2 is 1.58 bits per heavy atom. The van der Waals surface area contributed by atoms with E-state index in [0.29, 0.717) is 35.8 Å². The first-order chi connectivity index (χ1) is 21.5. The number of anilines is 4. The van der Waals surface area contributed by atoms with Crippen molar-refractivity contribution in [2.75, 3.05) is 36.6 Å². The number of rotatable bonds is 10. The molecular formula is C34H38N8O3. The van der Waals surface area contributed by atoms with Crippen LogP contribution < -0.4 is 21.3 Å². The van der Waals surface area contributed by atoms with Crippen LogP contribution in [0.2, 0.25) is 0 Å². The van der Waals surface area contributed by atoms with Crippen LogP contribution in [0.5, 0.6) is 0 Å². The average molecular weight is 607 g/mol. The summed E-state index contributed by atoms with van der Waals surface area (Å²) in [6, 6.07) is 23.5. The fraction of sp³-hybridized carbons (Fsp3) is 0.235. The number of aromatic amines is 1. The highest BCUT2D eigenvalue weighted by Crippen LogP contribution is 2.41. The van der Waals surface area contributed by atoms with Gasteiger partial charge in [0.1, 0.15) is 0 Å². The summed E-state index contributed by atoms with van der Waals surface area (Å²) < 4.78 is 0. The molecule has 0 saturated heterocycles. The van der Waals surface area contributed by atoms with Gasteiger partial charge in [-0.15, -0.1) is 0 Å². The van der Waals surface area contributed by atoms with E-state index in [0.717, 1.165) is 22.5 Å². The minimum atomic E-state index is -0.602. The molecule has 0 saturated carbocycles. The van der Waals surface area contributed by atoms with Gasteiger partial charge in [-0.05, 0) is 88.1 Å². The van der Waals surface area contributed by atoms with Crippen molar-refractivity contribution in [2.45, 2.75) is 32.0 Å². The number of H-pyrrole nitrogens is 1. The highest BCUT2D eigenvalue weighted by molar-refractivity contribution is 6.05. The molecule has 5 rings (SSSR count). The normalized spacial score (nSPS) is 13.9. The lowest BCUT2D eigenvalue weighted by Crippen LogP contribution is -2.48. The quantitative estimate of drug-likeness (QED) is 0.149. The number of fused-ring (bicyclic) bond motifs is 1. The van der Waals surface area contributed by atoms with Gasteiger partial charge in [0.2, 0.25) is 5.91 Å². The van der Waals surface area contributed by atoms with Crippen LogP contribution in [0.1, 0.15) is 47.1 Å². The van der Waals surface area contributed by atoms with Crippen LogP contribution in [0.25, 0.3) is 0 Å². The van der Waals surface area contributed by atoms with Crippen molar-refractivity contribution in [3.05, 3.63) is 114 Å². The first-order valence-electron chi connectivity index (χ1n) is 14.6. The van der Waals surface area contributed by atoms with Crippen LogP contribution in [-0.2, 0) is 16.9 Å². The van der Waals surface area contributed by atoms with E-state index in [1.165, 1.54) is 6.08 Å². The zero-order valence-corrected chi connectivity index (χ0v) is 25.8. The molecule has 0 spiro atoms. The molecule has 1 aliphatic rings. The molecule has 5 N–H and O–H groups in total. The smallest absolute Gasteiger partial charge is 0.319 e. The minimum absolute atomic E-state index is 0.150. The zero-order chi connectivity index (χ0) is 32.1. The molecule has 1 atom stereocenters. The van der Waals surface area contributed by atoms with E-state index in [2.05, 4.69) is 42.9 Å². The third-order valence-electron chi connectivity index (χ3n) is 7.77. The van der Waals surface area contributed by atoms with Crippen molar-refractivity contribution in [1.82, 2.24) is 25.3 Å². The molecule has 1 aliphatic heterocycles. The summed E-state index contributed by atoms with van der Waals surface area (Å²) in [5.41, 5.74) is 4.67. The Morgan fingerprint density at radius 1 is 0.956 bits per heavy atom. The maximum atomic E-state index is 13.6. The largest absolute Gasteiger partial charge is 0.338 e. The molecule has 1 unspecified atom stereocenters. The second-order valence-electron chi connectivity index (χ2n) is 11.7. The summed E-state index contributed by atoms with van der Waals surface area (Å²) in [5, 5.41) is 19.8. The molecule has 11 heteroatoms. The Kier molecular flexibility index (Phi) is 9.01. The Hall–Kier alpha value is -5.42. The molecule has 1 aromatic heterocycles. The lowest BCUT2D eigenvalue weighted by atomic mass is 10.0. The van der Waals surface area contributed by atoms with Crippen LogP contribution in [0.15, 0.2) is 91.5 Å². The predicted octanol–water partition coefficient (Wildman–Crippen LogP) is 5.59. The van der Waals surface area contributed by atoms with Gasteiger partial charge >= 0.3 is 6.03 Å². The first-order valence-corrected chi connectivity index (χ1v) is 14.6. The van der Waals surface area contributed by atoms with E-state index >= 15 is 0 Å². The van der Waals surface area contributed by atoms with Crippen LogP contribution >= 0.6 is 0 Å². The SMILES string of the molecule is C=CC(=O)Nc1ccc(C(=O)Nc2ccc(Nc3n[nH]c4c3CN(C(=O)NC(CN(C)C)c3ccccc3)C4(C)C)cc2)cc1. The number of carbonyl (C=O) groups is 3. The Labute approximate surface area is 262 Å². The summed E-state index contributed by atoms with van der Waals surface area (Å²) in [5.74, 6) is 0.0460. The van der Waals surface area contributed by atoms with Gasteiger partial charge in [0.15, 0.2) is 5.82 Å². The third-order valence-corrected chi connectivity index (χ3v) is 7.77. The Bertz CT molecular complexity index is 1680. The fourth-order valence-electron chi connectivity index (χ4n) is 5.33. The highest BCUT2D eigenvalue weighted by Gasteiger charge is 2.44. The predicted molar refractivity (Wildman–Crippen MR) is 176 cm³/mol. The van der Waals surface area contributed by atoms with Gasteiger partial charge in [0.25, 0.3) is 5.91 Å². The van der Waals surface area contributed by atoms with E-state index in [1.54, 1.807) is 36.4 Å². The van der Waals surface area contributed by atoms with Gasteiger partial charge in [-0.2, -0.15) is 5.10 Å². The van der Waals surface area contributed by atoms with Gasteiger partial charge in [-0.25, -0.2) is 4.79 Å². The maximum Gasteiger partial charge on any atom is 0.319 e. The molecule has 0 fully saturated rings. The van der Waals surface area contributed by atoms with E-state index in [4.69, 9.17) is 0 Å². The summed E-state index contributed by atoms with van der Waals surface area (Å²) in [7, 11) is 3.98. The Balaban J connectivity index is 1.23. The maximum absolute atomic E-state index is 13.6. The number of aromatic nitrogens is 2. The highest BCUT2D eigenvalue weighted by atomic mass is 16.2. The van der Waals surface area contributed by atoms with Crippen molar-refractivity contribution in [2.24, 2.45) is 0 Å². The van der Waals surface area contributed by atoms with E-state index < -0.39 is 5.54 Å². The summed E-state index contributed by atoms with van der Waals surface area (Å²) >= 11 is 0. The van der Waals surface area contributed by atoms with Gasteiger partial charge in [-0.3, -0.25) is 14.7 Å². The third kappa shape index (κ3) is 7.05. The molecule has 0 radical (unpaired) electrons. The van der Waals surface area contributed by atoms with E-state index in [1.807, 2.05) is 75.3 Å². The number of urea groups is 1. The molecule has 3 aromatic carbocycles. The number of likely N-dealkylation sites (N-methyl/N-ethyl adjacent to an activating group) is 1. The van der Waals surface area contributed by atoms with Crippen molar-refractivity contribution < 1.29 is 14.4 Å². The average Bonchev–Trinajstić information content (AvgIpc) is 3.55. The van der Waals surface area contributed by atoms with Gasteiger partial charge < -0.3 is 31.1 Å². The van der Waals surface area contributed by atoms with Crippen molar-refractivity contribution >= 4 is 40.7 Å². The number of hydrogen-bond acceptors (Lipinski definition) is 6. The Morgan fingerprint density at radius 3 is 2.22 bits per heavy atom. The summed E-state index contributed by atoms with van der Waals surface area (Å²) in [6.45, 7) is 8.50. The molecule has 4 amide bonds. The fourth-order valence-corrected chi connectivity index (χ4v) is 5.33. The number of amides is 4. The number of nitrogens with one attached hydrogen (secondary N) is 5. The topological polar surface area (TPSA) is 134 Å². The molecule has 0 aliphatic carbocycles. The van der Waals surface area contributed by atoms with Gasteiger partial charge in [-0.1, -0.05) is 36.9 Å². The monoisotopic (exact) mass is 606 g/mol. The lowest BCUT2D eigenvalue weighted by molar-refractivity contribution is -0.111. The molecule has 11 nitrogen and oxygen atoms in total. The lowest BCUT2D eigenvalue weighted by Gasteiger charge is -2.34. The second-order valence-corrected chi connectivity index (χ2v) is 11.7. The van der Waals surface area contributed by atoms with Gasteiger partial charge in [0.05, 0.1) is 23.8 Å². The van der Waals surface area contributed by atoms with E-state index in [9.17, 15) is 14.4 Å². The van der Waals surface area contributed by atoms with Crippen LogP contribution in [0.4, 0.5) is 27.7 Å². The van der Waals surface area contributed by atoms with Crippen LogP contribution in [0.3, 0.4) is 0 Å². The summed E-state index contributed by atoms with van der Waals surface area (Å²) in [4.78, 5) is 41.7. The first kappa shape index (κ1) is 31.0. The second kappa shape index (κ2) is 13.1. The molecule has 232 valence electrons. The number of benzene rings is 3. The molecule has 4 aromatic rings.